The molecule has 1 rings (SSSR count). The number of carbonyl (C=O) groups excluding carboxylic acids is 1. The van der Waals surface area contributed by atoms with Crippen LogP contribution in [0.4, 0.5) is 4.39 Å². The molecular weight excluding hydrogens is 249 g/mol. The maximum atomic E-state index is 13.5. The zero-order valence-electron chi connectivity index (χ0n) is 11.2. The number of carbonyl (C=O) groups is 2. The molecule has 0 aromatic heterocycles. The van der Waals surface area contributed by atoms with Crippen molar-refractivity contribution in [2.24, 2.45) is 11.8 Å². The molecule has 0 aliphatic heterocycles. The standard InChI is InChI=1S/C14H18FNO3/c1-8(9(2)14(18)19)13(17)16-10(3)11-6-4-5-7-12(11)15/h4-10H,1-3H3,(H,16,17)(H,18,19). The summed E-state index contributed by atoms with van der Waals surface area (Å²) >= 11 is 0. The Hall–Kier alpha value is -1.91. The van der Waals surface area contributed by atoms with Gasteiger partial charge in [0.25, 0.3) is 0 Å². The van der Waals surface area contributed by atoms with E-state index in [4.69, 9.17) is 5.11 Å². The first-order chi connectivity index (χ1) is 8.84. The number of aliphatic carboxylic acids is 1. The molecule has 3 unspecified atom stereocenters. The summed E-state index contributed by atoms with van der Waals surface area (Å²) in [4.78, 5) is 22.7. The zero-order chi connectivity index (χ0) is 14.6. The van der Waals surface area contributed by atoms with Gasteiger partial charge in [-0.05, 0) is 13.0 Å². The summed E-state index contributed by atoms with van der Waals surface area (Å²) in [6.45, 7) is 4.68. The number of hydrogen-bond acceptors (Lipinski definition) is 2. The van der Waals surface area contributed by atoms with Crippen molar-refractivity contribution in [2.45, 2.75) is 26.8 Å². The summed E-state index contributed by atoms with van der Waals surface area (Å²) in [6.07, 6.45) is 0. The quantitative estimate of drug-likeness (QED) is 0.860. The number of carboxylic acids is 1. The van der Waals surface area contributed by atoms with Gasteiger partial charge in [-0.1, -0.05) is 32.0 Å². The van der Waals surface area contributed by atoms with Gasteiger partial charge in [0, 0.05) is 11.5 Å². The Labute approximate surface area is 111 Å². The maximum absolute atomic E-state index is 13.5. The summed E-state index contributed by atoms with van der Waals surface area (Å²) < 4.78 is 13.5. The minimum Gasteiger partial charge on any atom is -0.481 e. The second-order valence-electron chi connectivity index (χ2n) is 4.67. The Morgan fingerprint density at radius 2 is 1.74 bits per heavy atom. The Morgan fingerprint density at radius 1 is 1.16 bits per heavy atom. The lowest BCUT2D eigenvalue weighted by Gasteiger charge is -2.20. The minimum atomic E-state index is -1.03. The van der Waals surface area contributed by atoms with Crippen LogP contribution in [0.3, 0.4) is 0 Å². The third-order valence-corrected chi connectivity index (χ3v) is 3.28. The zero-order valence-corrected chi connectivity index (χ0v) is 11.2. The van der Waals surface area contributed by atoms with Crippen LogP contribution < -0.4 is 5.32 Å². The summed E-state index contributed by atoms with van der Waals surface area (Å²) in [5, 5.41) is 11.5. The first-order valence-electron chi connectivity index (χ1n) is 6.12. The van der Waals surface area contributed by atoms with Crippen molar-refractivity contribution >= 4 is 11.9 Å². The van der Waals surface area contributed by atoms with Gasteiger partial charge in [-0.25, -0.2) is 4.39 Å². The van der Waals surface area contributed by atoms with Gasteiger partial charge in [0.15, 0.2) is 0 Å². The van der Waals surface area contributed by atoms with Crippen molar-refractivity contribution in [2.75, 3.05) is 0 Å². The van der Waals surface area contributed by atoms with Crippen molar-refractivity contribution in [1.29, 1.82) is 0 Å². The van der Waals surface area contributed by atoms with E-state index in [1.807, 2.05) is 0 Å². The third kappa shape index (κ3) is 3.77. The highest BCUT2D eigenvalue weighted by molar-refractivity contribution is 5.84. The van der Waals surface area contributed by atoms with Crippen LogP contribution in [0.5, 0.6) is 0 Å². The topological polar surface area (TPSA) is 66.4 Å². The maximum Gasteiger partial charge on any atom is 0.307 e. The average molecular weight is 267 g/mol. The molecule has 0 saturated carbocycles. The minimum absolute atomic E-state index is 0.381. The lowest BCUT2D eigenvalue weighted by molar-refractivity contribution is -0.146. The fraction of sp³-hybridized carbons (Fsp3) is 0.429. The predicted molar refractivity (Wildman–Crippen MR) is 68.9 cm³/mol. The summed E-state index contributed by atoms with van der Waals surface area (Å²) in [5.41, 5.74) is 0.381. The molecule has 1 amide bonds. The van der Waals surface area contributed by atoms with Crippen LogP contribution in [0.2, 0.25) is 0 Å². The van der Waals surface area contributed by atoms with Crippen molar-refractivity contribution in [3.8, 4) is 0 Å². The lowest BCUT2D eigenvalue weighted by Crippen LogP contribution is -2.36. The Balaban J connectivity index is 2.72. The first-order valence-corrected chi connectivity index (χ1v) is 6.12. The van der Waals surface area contributed by atoms with Crippen LogP contribution in [0.15, 0.2) is 24.3 Å². The predicted octanol–water partition coefficient (Wildman–Crippen LogP) is 2.36. The molecule has 0 bridgehead atoms. The number of halogens is 1. The van der Waals surface area contributed by atoms with Gasteiger partial charge in [-0.2, -0.15) is 0 Å². The molecule has 104 valence electrons. The number of carboxylic acid groups (broad SMARTS) is 1. The molecule has 4 nitrogen and oxygen atoms in total. The fourth-order valence-electron chi connectivity index (χ4n) is 1.69. The summed E-state index contributed by atoms with van der Waals surface area (Å²) in [5.74, 6) is -3.28. The number of hydrogen-bond donors (Lipinski definition) is 2. The van der Waals surface area contributed by atoms with Gasteiger partial charge < -0.3 is 10.4 Å². The Morgan fingerprint density at radius 3 is 2.26 bits per heavy atom. The van der Waals surface area contributed by atoms with Crippen LogP contribution in [0, 0.1) is 17.7 Å². The second-order valence-corrected chi connectivity index (χ2v) is 4.67. The van der Waals surface area contributed by atoms with E-state index in [9.17, 15) is 14.0 Å². The smallest absolute Gasteiger partial charge is 0.307 e. The van der Waals surface area contributed by atoms with Crippen molar-refractivity contribution in [1.82, 2.24) is 5.32 Å². The van der Waals surface area contributed by atoms with Crippen molar-refractivity contribution < 1.29 is 19.1 Å². The average Bonchev–Trinajstić information content (AvgIpc) is 2.37. The van der Waals surface area contributed by atoms with Gasteiger partial charge in [0.1, 0.15) is 5.82 Å². The monoisotopic (exact) mass is 267 g/mol. The molecule has 0 radical (unpaired) electrons. The SMILES string of the molecule is CC(NC(=O)C(C)C(C)C(=O)O)c1ccccc1F. The van der Waals surface area contributed by atoms with Crippen molar-refractivity contribution in [3.63, 3.8) is 0 Å². The van der Waals surface area contributed by atoms with E-state index in [1.54, 1.807) is 32.0 Å². The van der Waals surface area contributed by atoms with Crippen LogP contribution in [0.25, 0.3) is 0 Å². The summed E-state index contributed by atoms with van der Waals surface area (Å²) in [7, 11) is 0. The molecule has 3 atom stereocenters. The molecule has 1 aromatic carbocycles. The largest absolute Gasteiger partial charge is 0.481 e. The van der Waals surface area contributed by atoms with Gasteiger partial charge in [0.2, 0.25) is 5.91 Å². The van der Waals surface area contributed by atoms with E-state index in [-0.39, 0.29) is 0 Å². The molecule has 0 aliphatic carbocycles. The highest BCUT2D eigenvalue weighted by Gasteiger charge is 2.27. The lowest BCUT2D eigenvalue weighted by atomic mass is 9.94. The van der Waals surface area contributed by atoms with E-state index < -0.39 is 35.6 Å². The van der Waals surface area contributed by atoms with Gasteiger partial charge in [0.05, 0.1) is 12.0 Å². The van der Waals surface area contributed by atoms with E-state index in [0.717, 1.165) is 0 Å². The second kappa shape index (κ2) is 6.31. The Bertz CT molecular complexity index is 476. The number of rotatable bonds is 5. The normalized spacial score (nSPS) is 15.4. The number of benzene rings is 1. The molecular formula is C14H18FNO3. The number of amides is 1. The third-order valence-electron chi connectivity index (χ3n) is 3.28. The molecule has 0 heterocycles. The van der Waals surface area contributed by atoms with Crippen LogP contribution >= 0.6 is 0 Å². The molecule has 0 spiro atoms. The van der Waals surface area contributed by atoms with E-state index >= 15 is 0 Å². The van der Waals surface area contributed by atoms with E-state index in [2.05, 4.69) is 5.32 Å². The molecule has 19 heavy (non-hydrogen) atoms. The van der Waals surface area contributed by atoms with Crippen LogP contribution in [0.1, 0.15) is 32.4 Å². The number of nitrogens with one attached hydrogen (secondary N) is 1. The molecule has 2 N–H and O–H groups in total. The molecule has 0 saturated heterocycles. The molecule has 1 aromatic rings. The van der Waals surface area contributed by atoms with Gasteiger partial charge >= 0.3 is 5.97 Å². The highest BCUT2D eigenvalue weighted by atomic mass is 19.1. The van der Waals surface area contributed by atoms with E-state index in [0.29, 0.717) is 5.56 Å². The first kappa shape index (κ1) is 15.1. The van der Waals surface area contributed by atoms with Gasteiger partial charge in [-0.3, -0.25) is 9.59 Å². The molecule has 0 fully saturated rings. The fourth-order valence-corrected chi connectivity index (χ4v) is 1.69. The van der Waals surface area contributed by atoms with Crippen molar-refractivity contribution in [3.05, 3.63) is 35.6 Å². The van der Waals surface area contributed by atoms with Crippen LogP contribution in [-0.2, 0) is 9.59 Å². The van der Waals surface area contributed by atoms with E-state index in [1.165, 1.54) is 13.0 Å². The molecule has 0 aliphatic rings. The molecule has 5 heteroatoms. The highest BCUT2D eigenvalue weighted by Crippen LogP contribution is 2.18. The Kier molecular flexibility index (Phi) is 5.03. The van der Waals surface area contributed by atoms with Crippen LogP contribution in [-0.4, -0.2) is 17.0 Å². The summed E-state index contributed by atoms with van der Waals surface area (Å²) in [6, 6.07) is 5.66. The van der Waals surface area contributed by atoms with Gasteiger partial charge in [-0.15, -0.1) is 0 Å².